The number of pyridine rings is 1. The standard InChI is InChI=1S/C14H11ClN2O/c15-14-9-13(5-4-11(14)10-16)18-8-6-12-3-1-2-7-17-12/h1-5,7,9H,6,8H2. The number of ether oxygens (including phenoxy) is 1. The molecule has 0 radical (unpaired) electrons. The van der Waals surface area contributed by atoms with Crippen LogP contribution in [0.2, 0.25) is 5.02 Å². The van der Waals surface area contributed by atoms with E-state index in [0.29, 0.717) is 22.9 Å². The molecule has 0 saturated carbocycles. The van der Waals surface area contributed by atoms with Crippen molar-refractivity contribution in [3.8, 4) is 11.8 Å². The Morgan fingerprint density at radius 1 is 1.28 bits per heavy atom. The first-order valence-corrected chi connectivity index (χ1v) is 5.90. The summed E-state index contributed by atoms with van der Waals surface area (Å²) in [6, 6.07) is 12.8. The predicted molar refractivity (Wildman–Crippen MR) is 69.6 cm³/mol. The quantitative estimate of drug-likeness (QED) is 0.846. The van der Waals surface area contributed by atoms with Crippen LogP contribution >= 0.6 is 11.6 Å². The van der Waals surface area contributed by atoms with Gasteiger partial charge in [-0.3, -0.25) is 4.98 Å². The average molecular weight is 259 g/mol. The van der Waals surface area contributed by atoms with E-state index in [4.69, 9.17) is 21.6 Å². The lowest BCUT2D eigenvalue weighted by molar-refractivity contribution is 0.320. The minimum Gasteiger partial charge on any atom is -0.493 e. The van der Waals surface area contributed by atoms with Crippen LogP contribution in [0.5, 0.6) is 5.75 Å². The highest BCUT2D eigenvalue weighted by Gasteiger charge is 2.02. The molecule has 0 bridgehead atoms. The van der Waals surface area contributed by atoms with E-state index in [1.165, 1.54) is 0 Å². The molecule has 2 aromatic rings. The summed E-state index contributed by atoms with van der Waals surface area (Å²) >= 11 is 5.91. The van der Waals surface area contributed by atoms with Crippen LogP contribution in [0.15, 0.2) is 42.6 Å². The van der Waals surface area contributed by atoms with Crippen molar-refractivity contribution in [2.75, 3.05) is 6.61 Å². The van der Waals surface area contributed by atoms with Crippen molar-refractivity contribution < 1.29 is 4.74 Å². The highest BCUT2D eigenvalue weighted by molar-refractivity contribution is 6.31. The zero-order chi connectivity index (χ0) is 12.8. The molecule has 2 rings (SSSR count). The lowest BCUT2D eigenvalue weighted by Crippen LogP contribution is -2.02. The van der Waals surface area contributed by atoms with Gasteiger partial charge >= 0.3 is 0 Å². The lowest BCUT2D eigenvalue weighted by atomic mass is 10.2. The minimum absolute atomic E-state index is 0.410. The zero-order valence-electron chi connectivity index (χ0n) is 9.64. The SMILES string of the molecule is N#Cc1ccc(OCCc2ccccn2)cc1Cl. The minimum atomic E-state index is 0.410. The predicted octanol–water partition coefficient (Wildman–Crippen LogP) is 3.23. The van der Waals surface area contributed by atoms with E-state index in [9.17, 15) is 0 Å². The van der Waals surface area contributed by atoms with Gasteiger partial charge in [0.05, 0.1) is 17.2 Å². The second kappa shape index (κ2) is 6.04. The number of rotatable bonds is 4. The molecule has 4 heteroatoms. The van der Waals surface area contributed by atoms with Gasteiger partial charge in [0.25, 0.3) is 0 Å². The summed E-state index contributed by atoms with van der Waals surface area (Å²) in [6.07, 6.45) is 2.49. The molecule has 0 fully saturated rings. The van der Waals surface area contributed by atoms with Gasteiger partial charge in [-0.1, -0.05) is 17.7 Å². The van der Waals surface area contributed by atoms with Crippen LogP contribution in [0.1, 0.15) is 11.3 Å². The third-order valence-electron chi connectivity index (χ3n) is 2.41. The largest absolute Gasteiger partial charge is 0.493 e. The van der Waals surface area contributed by atoms with Crippen LogP contribution in [0.25, 0.3) is 0 Å². The zero-order valence-corrected chi connectivity index (χ0v) is 10.4. The van der Waals surface area contributed by atoms with E-state index in [1.54, 1.807) is 24.4 Å². The van der Waals surface area contributed by atoms with Gasteiger partial charge in [-0.25, -0.2) is 0 Å². The van der Waals surface area contributed by atoms with Crippen molar-refractivity contribution in [1.82, 2.24) is 4.98 Å². The second-order valence-corrected chi connectivity index (χ2v) is 4.08. The maximum Gasteiger partial charge on any atom is 0.120 e. The van der Waals surface area contributed by atoms with Crippen molar-refractivity contribution >= 4 is 11.6 Å². The lowest BCUT2D eigenvalue weighted by Gasteiger charge is -2.06. The highest BCUT2D eigenvalue weighted by atomic mass is 35.5. The second-order valence-electron chi connectivity index (χ2n) is 3.67. The number of benzene rings is 1. The summed E-state index contributed by atoms with van der Waals surface area (Å²) < 4.78 is 5.56. The molecule has 0 saturated heterocycles. The maximum atomic E-state index is 8.75. The Labute approximate surface area is 111 Å². The molecule has 0 aliphatic heterocycles. The van der Waals surface area contributed by atoms with E-state index < -0.39 is 0 Å². The van der Waals surface area contributed by atoms with Crippen LogP contribution in [0.3, 0.4) is 0 Å². The average Bonchev–Trinajstić information content (AvgIpc) is 2.40. The normalized spacial score (nSPS) is 9.78. The van der Waals surface area contributed by atoms with Crippen LogP contribution in [0.4, 0.5) is 0 Å². The Morgan fingerprint density at radius 3 is 2.83 bits per heavy atom. The Morgan fingerprint density at radius 2 is 2.17 bits per heavy atom. The molecule has 0 aliphatic carbocycles. The first kappa shape index (κ1) is 12.4. The molecular formula is C14H11ClN2O. The number of aromatic nitrogens is 1. The highest BCUT2D eigenvalue weighted by Crippen LogP contribution is 2.21. The van der Waals surface area contributed by atoms with E-state index in [-0.39, 0.29) is 0 Å². The van der Waals surface area contributed by atoms with Gasteiger partial charge in [-0.2, -0.15) is 5.26 Å². The Kier molecular flexibility index (Phi) is 4.16. The Hall–Kier alpha value is -2.05. The smallest absolute Gasteiger partial charge is 0.120 e. The summed E-state index contributed by atoms with van der Waals surface area (Å²) in [4.78, 5) is 4.21. The molecule has 0 unspecified atom stereocenters. The molecule has 1 aromatic carbocycles. The molecule has 0 spiro atoms. The van der Waals surface area contributed by atoms with E-state index >= 15 is 0 Å². The van der Waals surface area contributed by atoms with Crippen molar-refractivity contribution in [3.63, 3.8) is 0 Å². The van der Waals surface area contributed by atoms with Crippen LogP contribution in [0, 0.1) is 11.3 Å². The van der Waals surface area contributed by atoms with E-state index in [0.717, 1.165) is 12.1 Å². The summed E-state index contributed by atoms with van der Waals surface area (Å²) in [5.74, 6) is 0.662. The topological polar surface area (TPSA) is 45.9 Å². The molecule has 1 heterocycles. The molecular weight excluding hydrogens is 248 g/mol. The number of hydrogen-bond acceptors (Lipinski definition) is 3. The van der Waals surface area contributed by atoms with Gasteiger partial charge in [-0.15, -0.1) is 0 Å². The van der Waals surface area contributed by atoms with Gasteiger partial charge in [0.1, 0.15) is 11.8 Å². The maximum absolute atomic E-state index is 8.75. The van der Waals surface area contributed by atoms with Crippen molar-refractivity contribution in [1.29, 1.82) is 5.26 Å². The van der Waals surface area contributed by atoms with Crippen LogP contribution in [-0.4, -0.2) is 11.6 Å². The van der Waals surface area contributed by atoms with Crippen molar-refractivity contribution in [3.05, 3.63) is 58.9 Å². The van der Waals surface area contributed by atoms with Gasteiger partial charge in [0.15, 0.2) is 0 Å². The molecule has 90 valence electrons. The summed E-state index contributed by atoms with van der Waals surface area (Å²) in [5.41, 5.74) is 1.44. The number of halogens is 1. The fourth-order valence-corrected chi connectivity index (χ4v) is 1.71. The first-order valence-electron chi connectivity index (χ1n) is 5.52. The number of nitriles is 1. The van der Waals surface area contributed by atoms with Gasteiger partial charge in [0, 0.05) is 24.4 Å². The molecule has 0 atom stereocenters. The summed E-state index contributed by atoms with van der Waals surface area (Å²) in [7, 11) is 0. The van der Waals surface area contributed by atoms with Crippen LogP contribution < -0.4 is 4.74 Å². The third kappa shape index (κ3) is 3.22. The molecule has 18 heavy (non-hydrogen) atoms. The number of nitrogens with zero attached hydrogens (tertiary/aromatic N) is 2. The number of hydrogen-bond donors (Lipinski definition) is 0. The fraction of sp³-hybridized carbons (Fsp3) is 0.143. The van der Waals surface area contributed by atoms with Crippen molar-refractivity contribution in [2.45, 2.75) is 6.42 Å². The Balaban J connectivity index is 1.91. The van der Waals surface area contributed by atoms with Crippen molar-refractivity contribution in [2.24, 2.45) is 0 Å². The molecule has 0 N–H and O–H groups in total. The first-order chi connectivity index (χ1) is 8.79. The summed E-state index contributed by atoms with van der Waals surface area (Å²) in [6.45, 7) is 0.527. The molecule has 0 amide bonds. The fourth-order valence-electron chi connectivity index (χ4n) is 1.50. The van der Waals surface area contributed by atoms with E-state index in [1.807, 2.05) is 24.3 Å². The Bertz CT molecular complexity index is 564. The van der Waals surface area contributed by atoms with Gasteiger partial charge in [0.2, 0.25) is 0 Å². The monoisotopic (exact) mass is 258 g/mol. The molecule has 3 nitrogen and oxygen atoms in total. The van der Waals surface area contributed by atoms with Crippen LogP contribution in [-0.2, 0) is 6.42 Å². The summed E-state index contributed by atoms with van der Waals surface area (Å²) in [5, 5.41) is 9.16. The third-order valence-corrected chi connectivity index (χ3v) is 2.73. The van der Waals surface area contributed by atoms with E-state index in [2.05, 4.69) is 4.98 Å². The van der Waals surface area contributed by atoms with Gasteiger partial charge in [-0.05, 0) is 24.3 Å². The molecule has 0 aliphatic rings. The molecule has 1 aromatic heterocycles. The van der Waals surface area contributed by atoms with Gasteiger partial charge < -0.3 is 4.74 Å².